The van der Waals surface area contributed by atoms with Crippen LogP contribution in [0.4, 0.5) is 5.69 Å². The number of pyridine rings is 1. The summed E-state index contributed by atoms with van der Waals surface area (Å²) < 4.78 is 8.23. The number of aromatic nitrogens is 2. The minimum Gasteiger partial charge on any atom is -0.479 e. The van der Waals surface area contributed by atoms with E-state index in [4.69, 9.17) is 27.9 Å². The van der Waals surface area contributed by atoms with Crippen LogP contribution in [-0.4, -0.2) is 26.2 Å². The average molecular weight is 516 g/mol. The molecular weight excluding hydrogens is 486 g/mol. The van der Waals surface area contributed by atoms with Gasteiger partial charge in [0.2, 0.25) is 0 Å². The van der Waals surface area contributed by atoms with E-state index in [-0.39, 0.29) is 0 Å². The van der Waals surface area contributed by atoms with E-state index in [0.29, 0.717) is 28.5 Å². The largest absolute Gasteiger partial charge is 0.479 e. The molecule has 0 saturated heterocycles. The molecule has 37 heavy (non-hydrogen) atoms. The van der Waals surface area contributed by atoms with E-state index in [0.717, 1.165) is 39.0 Å². The number of halogens is 1. The number of aliphatic carboxylic acids is 1. The number of rotatable bonds is 6. The lowest BCUT2D eigenvalue weighted by molar-refractivity contribution is -0.160. The molecule has 2 aromatic carbocycles. The van der Waals surface area contributed by atoms with Crippen molar-refractivity contribution in [3.05, 3.63) is 93.0 Å². The van der Waals surface area contributed by atoms with Crippen LogP contribution in [-0.2, 0) is 16.1 Å². The first kappa shape index (κ1) is 26.4. The minimum atomic E-state index is -1.21. The molecule has 4 rings (SSSR count). The Bertz CT molecular complexity index is 1540. The number of carboxylic acid groups (broad SMARTS) is 1. The Kier molecular flexibility index (Phi) is 7.14. The summed E-state index contributed by atoms with van der Waals surface area (Å²) in [6.07, 6.45) is -1.21. The summed E-state index contributed by atoms with van der Waals surface area (Å²) >= 11 is 6.21. The SMILES string of the molecule is [C-]#[N+]c1cccc(Cn2c(C)c(C)c3c(-c4ccc(Cl)cc4)c([C@H](OC(C)(C)C)C(=O)O)c(C)nc32)c1. The predicted octanol–water partition coefficient (Wildman–Crippen LogP) is 7.82. The van der Waals surface area contributed by atoms with E-state index in [1.165, 1.54) is 0 Å². The molecule has 2 aromatic heterocycles. The number of carboxylic acids is 1. The second-order valence-corrected chi connectivity index (χ2v) is 10.7. The predicted molar refractivity (Wildman–Crippen MR) is 147 cm³/mol. The number of hydrogen-bond acceptors (Lipinski definition) is 3. The number of ether oxygens (including phenoxy) is 1. The third kappa shape index (κ3) is 5.24. The fourth-order valence-electron chi connectivity index (χ4n) is 4.72. The highest BCUT2D eigenvalue weighted by atomic mass is 35.5. The topological polar surface area (TPSA) is 68.7 Å². The standard InChI is InChI=1S/C30H30ClN3O3/c1-17-19(3)34(16-20-9-8-10-23(15-20)32-7)28-24(17)26(21-11-13-22(31)14-12-21)25(18(2)33-28)27(29(35)36)37-30(4,5)6/h8-15,27H,16H2,1-6H3,(H,35,36)/t27-/m0/s1. The monoisotopic (exact) mass is 515 g/mol. The molecule has 7 heteroatoms. The van der Waals surface area contributed by atoms with Crippen LogP contribution in [0.5, 0.6) is 0 Å². The van der Waals surface area contributed by atoms with E-state index in [9.17, 15) is 9.90 Å². The molecule has 0 fully saturated rings. The van der Waals surface area contributed by atoms with Gasteiger partial charge in [-0.15, -0.1) is 0 Å². The fraction of sp³-hybridized carbons (Fsp3) is 0.300. The van der Waals surface area contributed by atoms with Crippen LogP contribution in [0.3, 0.4) is 0 Å². The molecule has 0 spiro atoms. The van der Waals surface area contributed by atoms with E-state index in [1.54, 1.807) is 18.2 Å². The van der Waals surface area contributed by atoms with E-state index >= 15 is 0 Å². The van der Waals surface area contributed by atoms with Crippen molar-refractivity contribution in [1.82, 2.24) is 9.55 Å². The van der Waals surface area contributed by atoms with Crippen LogP contribution in [0.25, 0.3) is 27.0 Å². The number of fused-ring (bicyclic) bond motifs is 1. The summed E-state index contributed by atoms with van der Waals surface area (Å²) in [6, 6.07) is 15.0. The number of nitrogens with zero attached hydrogens (tertiary/aromatic N) is 3. The minimum absolute atomic E-state index is 0.534. The highest BCUT2D eigenvalue weighted by molar-refractivity contribution is 6.30. The van der Waals surface area contributed by atoms with Crippen molar-refractivity contribution < 1.29 is 14.6 Å². The molecule has 190 valence electrons. The van der Waals surface area contributed by atoms with Crippen molar-refractivity contribution in [3.63, 3.8) is 0 Å². The molecule has 1 atom stereocenters. The highest BCUT2D eigenvalue weighted by Gasteiger charge is 2.33. The quantitative estimate of drug-likeness (QED) is 0.266. The Labute approximate surface area is 222 Å². The van der Waals surface area contributed by atoms with Gasteiger partial charge in [0.15, 0.2) is 11.8 Å². The van der Waals surface area contributed by atoms with E-state index in [2.05, 4.69) is 9.41 Å². The third-order valence-corrected chi connectivity index (χ3v) is 6.71. The van der Waals surface area contributed by atoms with Gasteiger partial charge in [-0.25, -0.2) is 14.6 Å². The highest BCUT2D eigenvalue weighted by Crippen LogP contribution is 2.42. The number of benzene rings is 2. The van der Waals surface area contributed by atoms with Crippen molar-refractivity contribution >= 4 is 34.3 Å². The first-order valence-electron chi connectivity index (χ1n) is 12.0. The molecule has 0 radical (unpaired) electrons. The van der Waals surface area contributed by atoms with Crippen LogP contribution in [0, 0.1) is 27.3 Å². The first-order valence-corrected chi connectivity index (χ1v) is 12.4. The zero-order valence-corrected chi connectivity index (χ0v) is 22.6. The molecule has 0 bridgehead atoms. The number of carbonyl (C=O) groups is 1. The molecule has 2 heterocycles. The number of aryl methyl sites for hydroxylation is 2. The van der Waals surface area contributed by atoms with E-state index < -0.39 is 17.7 Å². The fourth-order valence-corrected chi connectivity index (χ4v) is 4.85. The Morgan fingerprint density at radius 1 is 1.16 bits per heavy atom. The van der Waals surface area contributed by atoms with Crippen LogP contribution in [0.15, 0.2) is 48.5 Å². The van der Waals surface area contributed by atoms with Gasteiger partial charge in [0.25, 0.3) is 0 Å². The second kappa shape index (κ2) is 10.0. The molecule has 0 aliphatic carbocycles. The van der Waals surface area contributed by atoms with Gasteiger partial charge in [-0.1, -0.05) is 48.0 Å². The first-order chi connectivity index (χ1) is 17.4. The van der Waals surface area contributed by atoms with Crippen molar-refractivity contribution in [2.75, 3.05) is 0 Å². The molecule has 0 aliphatic rings. The molecule has 0 aliphatic heterocycles. The maximum Gasteiger partial charge on any atom is 0.337 e. The van der Waals surface area contributed by atoms with Crippen molar-refractivity contribution in [2.24, 2.45) is 0 Å². The summed E-state index contributed by atoms with van der Waals surface area (Å²) in [7, 11) is 0. The smallest absolute Gasteiger partial charge is 0.337 e. The van der Waals surface area contributed by atoms with Crippen molar-refractivity contribution in [3.8, 4) is 11.1 Å². The summed E-state index contributed by atoms with van der Waals surface area (Å²) in [5, 5.41) is 11.7. The van der Waals surface area contributed by atoms with E-state index in [1.807, 2.05) is 71.9 Å². The van der Waals surface area contributed by atoms with Crippen LogP contribution < -0.4 is 0 Å². The van der Waals surface area contributed by atoms with Gasteiger partial charge in [0.05, 0.1) is 12.2 Å². The lowest BCUT2D eigenvalue weighted by Crippen LogP contribution is -2.28. The summed E-state index contributed by atoms with van der Waals surface area (Å²) in [4.78, 5) is 21.1. The van der Waals surface area contributed by atoms with Crippen molar-refractivity contribution in [1.29, 1.82) is 0 Å². The molecule has 0 unspecified atom stereocenters. The lowest BCUT2D eigenvalue weighted by Gasteiger charge is -2.28. The molecule has 6 nitrogen and oxygen atoms in total. The van der Waals surface area contributed by atoms with Gasteiger partial charge >= 0.3 is 5.97 Å². The van der Waals surface area contributed by atoms with Gasteiger partial charge < -0.3 is 14.4 Å². The van der Waals surface area contributed by atoms with Crippen LogP contribution in [0.2, 0.25) is 5.02 Å². The maximum atomic E-state index is 12.6. The second-order valence-electron chi connectivity index (χ2n) is 10.2. The molecule has 0 saturated carbocycles. The Morgan fingerprint density at radius 3 is 2.43 bits per heavy atom. The van der Waals surface area contributed by atoms with Crippen LogP contribution >= 0.6 is 11.6 Å². The third-order valence-electron chi connectivity index (χ3n) is 6.46. The molecule has 4 aromatic rings. The zero-order valence-electron chi connectivity index (χ0n) is 21.9. The molecule has 1 N–H and O–H groups in total. The van der Waals surface area contributed by atoms with Gasteiger partial charge in [-0.3, -0.25) is 0 Å². The molecule has 0 amide bonds. The number of hydrogen-bond donors (Lipinski definition) is 1. The van der Waals surface area contributed by atoms with Gasteiger partial charge in [0.1, 0.15) is 5.65 Å². The summed E-state index contributed by atoms with van der Waals surface area (Å²) in [5.74, 6) is -1.07. The Hall–Kier alpha value is -3.66. The van der Waals surface area contributed by atoms with Gasteiger partial charge in [0, 0.05) is 39.5 Å². The zero-order chi connectivity index (χ0) is 27.1. The molecular formula is C30H30ClN3O3. The summed E-state index contributed by atoms with van der Waals surface area (Å²) in [6.45, 7) is 19.3. The van der Waals surface area contributed by atoms with Crippen LogP contribution in [0.1, 0.15) is 55.0 Å². The van der Waals surface area contributed by atoms with Crippen molar-refractivity contribution in [2.45, 2.75) is 59.8 Å². The average Bonchev–Trinajstić information content (AvgIpc) is 3.06. The Morgan fingerprint density at radius 2 is 1.84 bits per heavy atom. The van der Waals surface area contributed by atoms with Gasteiger partial charge in [-0.2, -0.15) is 0 Å². The van der Waals surface area contributed by atoms with Gasteiger partial charge in [-0.05, 0) is 70.4 Å². The Balaban J connectivity index is 2.06. The lowest BCUT2D eigenvalue weighted by atomic mass is 9.91. The maximum absolute atomic E-state index is 12.6. The summed E-state index contributed by atoms with van der Waals surface area (Å²) in [5.41, 5.74) is 6.42. The normalized spacial score (nSPS) is 12.5.